The molecular formula is C14H18N2O5. The highest BCUT2D eigenvalue weighted by Gasteiger charge is 2.36. The van der Waals surface area contributed by atoms with E-state index in [0.29, 0.717) is 24.4 Å². The number of aliphatic carboxylic acids is 1. The van der Waals surface area contributed by atoms with Crippen molar-refractivity contribution >= 4 is 11.9 Å². The van der Waals surface area contributed by atoms with Gasteiger partial charge in [0.15, 0.2) is 0 Å². The molecular weight excluding hydrogens is 276 g/mol. The molecule has 1 aromatic rings. The molecule has 0 bridgehead atoms. The zero-order valence-electron chi connectivity index (χ0n) is 12.0. The van der Waals surface area contributed by atoms with Crippen molar-refractivity contribution in [2.75, 3.05) is 20.8 Å². The van der Waals surface area contributed by atoms with Crippen LogP contribution in [-0.2, 0) is 9.53 Å². The molecule has 0 aromatic carbocycles. The maximum Gasteiger partial charge on any atom is 0.305 e. The van der Waals surface area contributed by atoms with Crippen molar-refractivity contribution in [1.29, 1.82) is 0 Å². The van der Waals surface area contributed by atoms with Gasteiger partial charge in [0, 0.05) is 32.0 Å². The number of carbonyl (C=O) groups is 2. The van der Waals surface area contributed by atoms with Crippen molar-refractivity contribution < 1.29 is 24.2 Å². The molecule has 1 fully saturated rings. The van der Waals surface area contributed by atoms with E-state index in [1.165, 1.54) is 13.3 Å². The predicted molar refractivity (Wildman–Crippen MR) is 73.3 cm³/mol. The molecule has 0 saturated carbocycles. The summed E-state index contributed by atoms with van der Waals surface area (Å²) < 4.78 is 10.2. The summed E-state index contributed by atoms with van der Waals surface area (Å²) in [5.41, 5.74) is 0.406. The van der Waals surface area contributed by atoms with Crippen LogP contribution in [0.3, 0.4) is 0 Å². The Morgan fingerprint density at radius 1 is 1.43 bits per heavy atom. The van der Waals surface area contributed by atoms with Gasteiger partial charge < -0.3 is 19.5 Å². The quantitative estimate of drug-likeness (QED) is 0.864. The molecule has 21 heavy (non-hydrogen) atoms. The monoisotopic (exact) mass is 294 g/mol. The molecule has 2 rings (SSSR count). The van der Waals surface area contributed by atoms with Gasteiger partial charge in [-0.05, 0) is 12.5 Å². The van der Waals surface area contributed by atoms with Crippen LogP contribution in [0.1, 0.15) is 23.2 Å². The standard InChI is InChI=1S/C14H18N2O5/c1-20-11-5-10(6-13(17)18)16(8-11)14(19)9-3-4-12(21-2)15-7-9/h3-4,7,10-11H,5-6,8H2,1-2H3,(H,17,18). The molecule has 0 spiro atoms. The molecule has 7 heteroatoms. The highest BCUT2D eigenvalue weighted by atomic mass is 16.5. The van der Waals surface area contributed by atoms with Gasteiger partial charge in [-0.25, -0.2) is 4.98 Å². The Balaban J connectivity index is 2.15. The Hall–Kier alpha value is -2.15. The highest BCUT2D eigenvalue weighted by molar-refractivity contribution is 5.94. The predicted octanol–water partition coefficient (Wildman–Crippen LogP) is 0.794. The maximum absolute atomic E-state index is 12.5. The third-order valence-electron chi connectivity index (χ3n) is 3.57. The first kappa shape index (κ1) is 15.2. The second-order valence-electron chi connectivity index (χ2n) is 4.89. The van der Waals surface area contributed by atoms with Crippen molar-refractivity contribution in [3.63, 3.8) is 0 Å². The van der Waals surface area contributed by atoms with E-state index in [1.807, 2.05) is 0 Å². The summed E-state index contributed by atoms with van der Waals surface area (Å²) >= 11 is 0. The second kappa shape index (κ2) is 6.53. The van der Waals surface area contributed by atoms with Gasteiger partial charge in [-0.15, -0.1) is 0 Å². The molecule has 0 radical (unpaired) electrons. The summed E-state index contributed by atoms with van der Waals surface area (Å²) in [6.45, 7) is 0.388. The number of ether oxygens (including phenoxy) is 2. The third-order valence-corrected chi connectivity index (χ3v) is 3.57. The van der Waals surface area contributed by atoms with Gasteiger partial charge in [0.2, 0.25) is 5.88 Å². The fourth-order valence-corrected chi connectivity index (χ4v) is 2.48. The summed E-state index contributed by atoms with van der Waals surface area (Å²) in [4.78, 5) is 29.0. The number of nitrogens with zero attached hydrogens (tertiary/aromatic N) is 2. The Kier molecular flexibility index (Phi) is 4.74. The molecule has 1 aliphatic rings. The van der Waals surface area contributed by atoms with Gasteiger partial charge >= 0.3 is 5.97 Å². The Morgan fingerprint density at radius 3 is 2.71 bits per heavy atom. The number of pyridine rings is 1. The summed E-state index contributed by atoms with van der Waals surface area (Å²) in [6.07, 6.45) is 1.73. The molecule has 1 amide bonds. The van der Waals surface area contributed by atoms with Crippen LogP contribution in [0.15, 0.2) is 18.3 Å². The van der Waals surface area contributed by atoms with Gasteiger partial charge in [-0.2, -0.15) is 0 Å². The topological polar surface area (TPSA) is 89.0 Å². The lowest BCUT2D eigenvalue weighted by molar-refractivity contribution is -0.137. The number of amides is 1. The van der Waals surface area contributed by atoms with Crippen LogP contribution in [0.4, 0.5) is 0 Å². The molecule has 1 saturated heterocycles. The third kappa shape index (κ3) is 3.49. The highest BCUT2D eigenvalue weighted by Crippen LogP contribution is 2.25. The van der Waals surface area contributed by atoms with Crippen molar-refractivity contribution in [3.8, 4) is 5.88 Å². The van der Waals surface area contributed by atoms with Crippen LogP contribution in [0.2, 0.25) is 0 Å². The van der Waals surface area contributed by atoms with Gasteiger partial charge in [0.1, 0.15) is 0 Å². The number of methoxy groups -OCH3 is 2. The fraction of sp³-hybridized carbons (Fsp3) is 0.500. The average molecular weight is 294 g/mol. The zero-order chi connectivity index (χ0) is 15.4. The van der Waals surface area contributed by atoms with E-state index in [0.717, 1.165) is 0 Å². The van der Waals surface area contributed by atoms with Crippen molar-refractivity contribution in [3.05, 3.63) is 23.9 Å². The van der Waals surface area contributed by atoms with Gasteiger partial charge in [-0.1, -0.05) is 0 Å². The lowest BCUT2D eigenvalue weighted by Crippen LogP contribution is -2.37. The van der Waals surface area contributed by atoms with E-state index >= 15 is 0 Å². The van der Waals surface area contributed by atoms with Crippen molar-refractivity contribution in [2.24, 2.45) is 0 Å². The first-order chi connectivity index (χ1) is 10.0. The number of aromatic nitrogens is 1. The van der Waals surface area contributed by atoms with E-state index in [4.69, 9.17) is 14.6 Å². The molecule has 1 aromatic heterocycles. The summed E-state index contributed by atoms with van der Waals surface area (Å²) in [6, 6.07) is 2.86. The normalized spacial score (nSPS) is 21.3. The molecule has 114 valence electrons. The molecule has 0 aliphatic carbocycles. The molecule has 1 N–H and O–H groups in total. The molecule has 1 aliphatic heterocycles. The van der Waals surface area contributed by atoms with E-state index in [2.05, 4.69) is 4.98 Å². The van der Waals surface area contributed by atoms with Crippen LogP contribution in [0.25, 0.3) is 0 Å². The number of likely N-dealkylation sites (tertiary alicyclic amines) is 1. The number of carboxylic acids is 1. The van der Waals surface area contributed by atoms with E-state index < -0.39 is 5.97 Å². The zero-order valence-corrected chi connectivity index (χ0v) is 12.0. The van der Waals surface area contributed by atoms with Crippen LogP contribution in [0.5, 0.6) is 5.88 Å². The lowest BCUT2D eigenvalue weighted by atomic mass is 10.1. The van der Waals surface area contributed by atoms with Gasteiger partial charge in [0.25, 0.3) is 5.91 Å². The maximum atomic E-state index is 12.5. The van der Waals surface area contributed by atoms with Crippen LogP contribution in [0, 0.1) is 0 Å². The number of hydrogen-bond acceptors (Lipinski definition) is 5. The van der Waals surface area contributed by atoms with Crippen LogP contribution < -0.4 is 4.74 Å². The van der Waals surface area contributed by atoms with E-state index in [9.17, 15) is 9.59 Å². The minimum Gasteiger partial charge on any atom is -0.481 e. The largest absolute Gasteiger partial charge is 0.481 e. The molecule has 2 heterocycles. The molecule has 2 atom stereocenters. The Morgan fingerprint density at radius 2 is 2.19 bits per heavy atom. The Labute approximate surface area is 122 Å². The van der Waals surface area contributed by atoms with Crippen LogP contribution in [-0.4, -0.2) is 59.8 Å². The minimum absolute atomic E-state index is 0.0881. The second-order valence-corrected chi connectivity index (χ2v) is 4.89. The number of hydrogen-bond donors (Lipinski definition) is 1. The summed E-state index contributed by atoms with van der Waals surface area (Å²) in [7, 11) is 3.06. The van der Waals surface area contributed by atoms with Gasteiger partial charge in [0.05, 0.1) is 25.2 Å². The Bertz CT molecular complexity index is 517. The number of rotatable bonds is 5. The first-order valence-corrected chi connectivity index (χ1v) is 6.60. The van der Waals surface area contributed by atoms with Crippen molar-refractivity contribution in [1.82, 2.24) is 9.88 Å². The minimum atomic E-state index is -0.928. The number of carboxylic acid groups (broad SMARTS) is 1. The fourth-order valence-electron chi connectivity index (χ4n) is 2.48. The summed E-state index contributed by atoms with van der Waals surface area (Å²) in [5, 5.41) is 8.96. The lowest BCUT2D eigenvalue weighted by Gasteiger charge is -2.23. The smallest absolute Gasteiger partial charge is 0.305 e. The number of carbonyl (C=O) groups excluding carboxylic acids is 1. The summed E-state index contributed by atoms with van der Waals surface area (Å²) in [5.74, 6) is -0.747. The molecule has 2 unspecified atom stereocenters. The van der Waals surface area contributed by atoms with E-state index in [1.54, 1.807) is 24.1 Å². The average Bonchev–Trinajstić information content (AvgIpc) is 2.89. The SMILES string of the molecule is COc1ccc(C(=O)N2CC(OC)CC2CC(=O)O)cn1. The van der Waals surface area contributed by atoms with Gasteiger partial charge in [-0.3, -0.25) is 9.59 Å². The van der Waals surface area contributed by atoms with Crippen LogP contribution >= 0.6 is 0 Å². The molecule has 7 nitrogen and oxygen atoms in total. The first-order valence-electron chi connectivity index (χ1n) is 6.60. The van der Waals surface area contributed by atoms with E-state index in [-0.39, 0.29) is 24.5 Å². The van der Waals surface area contributed by atoms with Crippen molar-refractivity contribution in [2.45, 2.75) is 25.0 Å².